The number of hydroxylamine groups is 1. The van der Waals surface area contributed by atoms with E-state index in [2.05, 4.69) is 29.8 Å². The van der Waals surface area contributed by atoms with Crippen LogP contribution >= 0.6 is 0 Å². The third-order valence-corrected chi connectivity index (χ3v) is 10.3. The second-order valence-corrected chi connectivity index (χ2v) is 14.8. The Kier molecular flexibility index (Phi) is 9.53. The molecule has 6 rings (SSSR count). The fraction of sp³-hybridized carbons (Fsp3) is 0.697. The number of carbonyl (C=O) groups is 4. The van der Waals surface area contributed by atoms with E-state index in [4.69, 9.17) is 5.21 Å². The SMILES string of the molecule is C[C@]12CC3CC(NC(=O)Nc4ccc(C(=O)N5CCC[C@H](C(=O)NCCCCCCC(=O)NO)C5)cc4F)(C1)C[C@@](C)(C3)C2. The Balaban J connectivity index is 1.09. The number of likely N-dealkylation sites (tertiary alicyclic amines) is 1. The molecule has 1 aromatic carbocycles. The predicted molar refractivity (Wildman–Crippen MR) is 163 cm³/mol. The van der Waals surface area contributed by atoms with Crippen molar-refractivity contribution in [1.29, 1.82) is 0 Å². The normalized spacial score (nSPS) is 30.5. The summed E-state index contributed by atoms with van der Waals surface area (Å²) in [5.41, 5.74) is 2.07. The van der Waals surface area contributed by atoms with Crippen LogP contribution in [0.4, 0.5) is 14.9 Å². The number of piperidine rings is 1. The summed E-state index contributed by atoms with van der Waals surface area (Å²) in [6.07, 6.45) is 11.3. The second-order valence-electron chi connectivity index (χ2n) is 14.8. The third-order valence-electron chi connectivity index (χ3n) is 10.3. The number of unbranched alkanes of at least 4 members (excludes halogenated alkanes) is 3. The van der Waals surface area contributed by atoms with Gasteiger partial charge in [0.25, 0.3) is 5.91 Å². The average Bonchev–Trinajstić information content (AvgIpc) is 2.94. The second kappa shape index (κ2) is 13.0. The van der Waals surface area contributed by atoms with E-state index in [-0.39, 0.29) is 58.3 Å². The van der Waals surface area contributed by atoms with Crippen LogP contribution in [0.5, 0.6) is 0 Å². The van der Waals surface area contributed by atoms with Crippen LogP contribution in [0.3, 0.4) is 0 Å². The zero-order valence-corrected chi connectivity index (χ0v) is 26.1. The molecule has 1 heterocycles. The molecule has 2 unspecified atom stereocenters. The number of nitrogens with zero attached hydrogens (tertiary/aromatic N) is 1. The van der Waals surface area contributed by atoms with Gasteiger partial charge >= 0.3 is 6.03 Å². The highest BCUT2D eigenvalue weighted by atomic mass is 19.1. The number of anilines is 1. The standard InChI is InChI=1S/C33H48FN5O5/c1-31-15-22-16-32(2,19-31)21-33(17-22,20-31)37-30(43)36-26-11-10-23(14-25(26)34)29(42)39-13-7-8-24(18-39)28(41)35-12-6-4-3-5-9-27(40)38-44/h10-11,14,22,24,44H,3-9,12-13,15-21H2,1-2H3,(H,35,41)(H,38,40)(H2,36,37,43)/t22?,24-,31-,32+,33?/m0/s1. The van der Waals surface area contributed by atoms with Crippen molar-refractivity contribution >= 4 is 29.4 Å². The molecule has 5 atom stereocenters. The Bertz CT molecular complexity index is 1250. The third kappa shape index (κ3) is 7.53. The molecule has 44 heavy (non-hydrogen) atoms. The molecule has 1 aromatic rings. The molecular weight excluding hydrogens is 565 g/mol. The van der Waals surface area contributed by atoms with E-state index in [0.717, 1.165) is 38.5 Å². The largest absolute Gasteiger partial charge is 0.356 e. The molecule has 10 nitrogen and oxygen atoms in total. The topological polar surface area (TPSA) is 140 Å². The van der Waals surface area contributed by atoms with Crippen LogP contribution in [0.2, 0.25) is 0 Å². The zero-order chi connectivity index (χ0) is 31.5. The van der Waals surface area contributed by atoms with Gasteiger partial charge in [0.2, 0.25) is 11.8 Å². The first-order chi connectivity index (χ1) is 20.9. The number of halogens is 1. The number of rotatable bonds is 11. The number of hydrogen-bond donors (Lipinski definition) is 5. The Hall–Kier alpha value is -3.21. The molecule has 4 aliphatic carbocycles. The monoisotopic (exact) mass is 613 g/mol. The lowest BCUT2D eigenvalue weighted by Gasteiger charge is -2.65. The van der Waals surface area contributed by atoms with Crippen LogP contribution in [0.15, 0.2) is 18.2 Å². The van der Waals surface area contributed by atoms with Crippen LogP contribution in [0.25, 0.3) is 0 Å². The lowest BCUT2D eigenvalue weighted by atomic mass is 9.43. The van der Waals surface area contributed by atoms with Crippen molar-refractivity contribution in [3.63, 3.8) is 0 Å². The Labute approximate surface area is 259 Å². The summed E-state index contributed by atoms with van der Waals surface area (Å²) in [5.74, 6) is -1.21. The molecule has 0 radical (unpaired) electrons. The van der Waals surface area contributed by atoms with Crippen molar-refractivity contribution in [2.75, 3.05) is 25.0 Å². The summed E-state index contributed by atoms with van der Waals surface area (Å²) < 4.78 is 15.2. The molecule has 5 amide bonds. The van der Waals surface area contributed by atoms with E-state index < -0.39 is 17.8 Å². The highest BCUT2D eigenvalue weighted by molar-refractivity contribution is 5.96. The molecule has 1 aliphatic heterocycles. The van der Waals surface area contributed by atoms with Gasteiger partial charge in [-0.2, -0.15) is 0 Å². The van der Waals surface area contributed by atoms with E-state index >= 15 is 4.39 Å². The van der Waals surface area contributed by atoms with Crippen LogP contribution in [0.1, 0.15) is 108 Å². The van der Waals surface area contributed by atoms with Gasteiger partial charge in [0, 0.05) is 37.2 Å². The van der Waals surface area contributed by atoms with E-state index in [1.165, 1.54) is 37.5 Å². The fourth-order valence-corrected chi connectivity index (χ4v) is 9.47. The smallest absolute Gasteiger partial charge is 0.319 e. The first-order valence-electron chi connectivity index (χ1n) is 16.3. The summed E-state index contributed by atoms with van der Waals surface area (Å²) in [7, 11) is 0. The summed E-state index contributed by atoms with van der Waals surface area (Å²) in [6, 6.07) is 3.73. The summed E-state index contributed by atoms with van der Waals surface area (Å²) >= 11 is 0. The summed E-state index contributed by atoms with van der Waals surface area (Å²) in [4.78, 5) is 51.7. The van der Waals surface area contributed by atoms with Crippen molar-refractivity contribution in [2.45, 2.75) is 103 Å². The van der Waals surface area contributed by atoms with Gasteiger partial charge < -0.3 is 20.9 Å². The zero-order valence-electron chi connectivity index (χ0n) is 26.1. The fourth-order valence-electron chi connectivity index (χ4n) is 9.47. The van der Waals surface area contributed by atoms with Gasteiger partial charge in [0.1, 0.15) is 5.82 Å². The quantitative estimate of drug-likeness (QED) is 0.134. The maximum Gasteiger partial charge on any atom is 0.319 e. The van der Waals surface area contributed by atoms with Gasteiger partial charge in [-0.15, -0.1) is 0 Å². The van der Waals surface area contributed by atoms with Crippen LogP contribution < -0.4 is 21.4 Å². The van der Waals surface area contributed by atoms with Crippen LogP contribution in [0, 0.1) is 28.5 Å². The summed E-state index contributed by atoms with van der Waals surface area (Å²) in [5, 5.41) is 17.4. The first-order valence-corrected chi connectivity index (χ1v) is 16.3. The maximum atomic E-state index is 15.2. The minimum Gasteiger partial charge on any atom is -0.356 e. The van der Waals surface area contributed by atoms with E-state index in [9.17, 15) is 19.2 Å². The lowest BCUT2D eigenvalue weighted by Crippen LogP contribution is -2.65. The van der Waals surface area contributed by atoms with Gasteiger partial charge in [-0.05, 0) is 99.2 Å². The molecule has 5 N–H and O–H groups in total. The molecule has 0 spiro atoms. The highest BCUT2D eigenvalue weighted by Crippen LogP contribution is 2.66. The van der Waals surface area contributed by atoms with Crippen LogP contribution in [-0.2, 0) is 9.59 Å². The van der Waals surface area contributed by atoms with Crippen molar-refractivity contribution in [3.05, 3.63) is 29.6 Å². The Morgan fingerprint density at radius 3 is 2.41 bits per heavy atom. The number of amides is 5. The van der Waals surface area contributed by atoms with Crippen molar-refractivity contribution in [3.8, 4) is 0 Å². The minimum atomic E-state index is -0.668. The Morgan fingerprint density at radius 2 is 1.73 bits per heavy atom. The van der Waals surface area contributed by atoms with E-state index in [1.807, 2.05) is 0 Å². The molecule has 4 saturated carbocycles. The maximum absolute atomic E-state index is 15.2. The van der Waals surface area contributed by atoms with Gasteiger partial charge in [0.05, 0.1) is 11.6 Å². The molecule has 5 aliphatic rings. The molecule has 1 saturated heterocycles. The van der Waals surface area contributed by atoms with Gasteiger partial charge in [-0.3, -0.25) is 19.6 Å². The number of nitrogens with one attached hydrogen (secondary N) is 4. The number of hydrogen-bond acceptors (Lipinski definition) is 5. The molecule has 0 aromatic heterocycles. The van der Waals surface area contributed by atoms with Gasteiger partial charge in [-0.1, -0.05) is 26.7 Å². The van der Waals surface area contributed by atoms with Crippen molar-refractivity contribution < 1.29 is 28.8 Å². The highest BCUT2D eigenvalue weighted by Gasteiger charge is 2.60. The van der Waals surface area contributed by atoms with Crippen LogP contribution in [-0.4, -0.2) is 59.0 Å². The first kappa shape index (κ1) is 32.2. The van der Waals surface area contributed by atoms with Gasteiger partial charge in [-0.25, -0.2) is 14.7 Å². The number of benzene rings is 1. The average molecular weight is 614 g/mol. The Morgan fingerprint density at radius 1 is 1.00 bits per heavy atom. The summed E-state index contributed by atoms with van der Waals surface area (Å²) in [6.45, 7) is 5.96. The minimum absolute atomic E-state index is 0.0359. The van der Waals surface area contributed by atoms with E-state index in [0.29, 0.717) is 38.3 Å². The number of carbonyl (C=O) groups excluding carboxylic acids is 4. The number of urea groups is 1. The van der Waals surface area contributed by atoms with Crippen molar-refractivity contribution in [2.24, 2.45) is 22.7 Å². The molecule has 11 heteroatoms. The molecule has 242 valence electrons. The van der Waals surface area contributed by atoms with Crippen molar-refractivity contribution in [1.82, 2.24) is 21.0 Å². The molecule has 5 fully saturated rings. The molecule has 4 bridgehead atoms. The van der Waals surface area contributed by atoms with Gasteiger partial charge in [0.15, 0.2) is 0 Å². The van der Waals surface area contributed by atoms with E-state index in [1.54, 1.807) is 10.4 Å². The molecular formula is C33H48FN5O5. The predicted octanol–water partition coefficient (Wildman–Crippen LogP) is 5.12. The lowest BCUT2D eigenvalue weighted by molar-refractivity contribution is -0.129.